The highest BCUT2D eigenvalue weighted by Crippen LogP contribution is 2.26. The molecule has 1 aliphatic heterocycles. The van der Waals surface area contributed by atoms with Gasteiger partial charge in [-0.25, -0.2) is 0 Å². The van der Waals surface area contributed by atoms with E-state index in [9.17, 15) is 19.6 Å². The van der Waals surface area contributed by atoms with Crippen LogP contribution < -0.4 is 10.9 Å². The largest absolute Gasteiger partial charge is 0.348 e. The van der Waals surface area contributed by atoms with Crippen LogP contribution in [0.25, 0.3) is 16.7 Å². The lowest BCUT2D eigenvalue weighted by Gasteiger charge is -2.15. The number of Topliss-reactive ketones (excluding diaryl/α,β-unsaturated/α-hetero) is 1. The van der Waals surface area contributed by atoms with Crippen molar-refractivity contribution in [3.05, 3.63) is 98.9 Å². The molecule has 4 rings (SSSR count). The third-order valence-corrected chi connectivity index (χ3v) is 5.94. The molecule has 7 heteroatoms. The maximum atomic E-state index is 12.9. The molecule has 1 amide bonds. The molecule has 1 unspecified atom stereocenters. The van der Waals surface area contributed by atoms with Crippen molar-refractivity contribution in [3.63, 3.8) is 0 Å². The quantitative estimate of drug-likeness (QED) is 0.607. The molecule has 2 heterocycles. The Balaban J connectivity index is 1.51. The highest BCUT2D eigenvalue weighted by Gasteiger charge is 2.18. The molecule has 0 fully saturated rings. The van der Waals surface area contributed by atoms with Gasteiger partial charge >= 0.3 is 0 Å². The molecule has 1 atom stereocenters. The molecule has 33 heavy (non-hydrogen) atoms. The summed E-state index contributed by atoms with van der Waals surface area (Å²) in [4.78, 5) is 37.0. The maximum Gasteiger partial charge on any atom is 0.251 e. The summed E-state index contributed by atoms with van der Waals surface area (Å²) < 4.78 is 1.39. The van der Waals surface area contributed by atoms with Crippen LogP contribution in [0.3, 0.4) is 0 Å². The summed E-state index contributed by atoms with van der Waals surface area (Å²) in [6, 6.07) is 16.9. The van der Waals surface area contributed by atoms with Gasteiger partial charge in [0.1, 0.15) is 0 Å². The summed E-state index contributed by atoms with van der Waals surface area (Å²) in [5.41, 5.74) is 3.90. The highest BCUT2D eigenvalue weighted by atomic mass is 35.5. The Hall–Kier alpha value is -3.95. The molecule has 0 radical (unpaired) electrons. The van der Waals surface area contributed by atoms with E-state index in [2.05, 4.69) is 11.4 Å². The fraction of sp³-hybridized carbons (Fsp3) is 0.154. The van der Waals surface area contributed by atoms with Crippen molar-refractivity contribution < 1.29 is 9.59 Å². The normalized spacial score (nSPS) is 13.7. The Morgan fingerprint density at radius 2 is 1.88 bits per heavy atom. The van der Waals surface area contributed by atoms with E-state index < -0.39 is 6.04 Å². The van der Waals surface area contributed by atoms with Crippen LogP contribution in [0, 0.1) is 11.3 Å². The third kappa shape index (κ3) is 4.79. The zero-order valence-corrected chi connectivity index (χ0v) is 18.6. The van der Waals surface area contributed by atoms with Gasteiger partial charge in [-0.15, -0.1) is 0 Å². The van der Waals surface area contributed by atoms with Gasteiger partial charge in [0.25, 0.3) is 5.56 Å². The Kier molecular flexibility index (Phi) is 6.25. The monoisotopic (exact) mass is 457 g/mol. The fourth-order valence-corrected chi connectivity index (χ4v) is 3.97. The second kappa shape index (κ2) is 9.27. The summed E-state index contributed by atoms with van der Waals surface area (Å²) in [6.07, 6.45) is 3.32. The van der Waals surface area contributed by atoms with Crippen molar-refractivity contribution in [3.8, 4) is 17.2 Å². The number of hydrogen-bond acceptors (Lipinski definition) is 4. The molecule has 6 nitrogen and oxygen atoms in total. The number of rotatable bonds is 6. The second-order valence-corrected chi connectivity index (χ2v) is 8.30. The first kappa shape index (κ1) is 22.3. The number of aromatic nitrogens is 1. The first-order valence-electron chi connectivity index (χ1n) is 10.4. The predicted molar refractivity (Wildman–Crippen MR) is 127 cm³/mol. The predicted octanol–water partition coefficient (Wildman–Crippen LogP) is 3.93. The number of ketones is 1. The van der Waals surface area contributed by atoms with Crippen LogP contribution in [0.5, 0.6) is 0 Å². The lowest BCUT2D eigenvalue weighted by atomic mass is 9.99. The molecular weight excluding hydrogens is 438 g/mol. The average molecular weight is 458 g/mol. The highest BCUT2D eigenvalue weighted by molar-refractivity contribution is 6.30. The maximum absolute atomic E-state index is 12.9. The number of nitriles is 1. The number of hydrogen-bond donors (Lipinski definition) is 1. The molecule has 164 valence electrons. The van der Waals surface area contributed by atoms with Gasteiger partial charge in [-0.1, -0.05) is 35.9 Å². The number of halogens is 1. The number of nitrogens with zero attached hydrogens (tertiary/aromatic N) is 2. The molecule has 0 bridgehead atoms. The van der Waals surface area contributed by atoms with Crippen molar-refractivity contribution in [2.45, 2.75) is 19.4 Å². The van der Waals surface area contributed by atoms with E-state index in [1.165, 1.54) is 10.6 Å². The summed E-state index contributed by atoms with van der Waals surface area (Å²) in [5.74, 6) is -0.205. The van der Waals surface area contributed by atoms with E-state index in [1.54, 1.807) is 43.5 Å². The van der Waals surface area contributed by atoms with Gasteiger partial charge in [0, 0.05) is 41.9 Å². The lowest BCUT2D eigenvalue weighted by Crippen LogP contribution is -2.28. The minimum atomic E-state index is -0.652. The first-order chi connectivity index (χ1) is 15.9. The van der Waals surface area contributed by atoms with Crippen LogP contribution in [0.4, 0.5) is 0 Å². The van der Waals surface area contributed by atoms with Crippen LogP contribution in [0.2, 0.25) is 5.02 Å². The summed E-state index contributed by atoms with van der Waals surface area (Å²) in [5, 5.41) is 12.5. The van der Waals surface area contributed by atoms with Crippen molar-refractivity contribution >= 4 is 28.9 Å². The summed E-state index contributed by atoms with van der Waals surface area (Å²) in [7, 11) is 0. The number of carbonyl (C=O) groups is 2. The second-order valence-electron chi connectivity index (χ2n) is 7.87. The Morgan fingerprint density at radius 1 is 1.12 bits per heavy atom. The Labute approximate surface area is 195 Å². The standard InChI is InChI=1S/C26H20ClN3O3/c1-16(24(31)10-17-2-4-18(5-3-17)21-11-25(32)29-15-21)30-9-8-19(12-26(30)33)23-13-22(27)7-6-20(23)14-28/h2-9,11-13,16H,10,15H2,1H3,(H,29,32). The SMILES string of the molecule is CC(C(=O)Cc1ccc(C2=CC(=O)NC2)cc1)n1ccc(-c2cc(Cl)ccc2C#N)cc1=O. The van der Waals surface area contributed by atoms with Crippen LogP contribution in [0.15, 0.2) is 71.7 Å². The number of nitrogens with one attached hydrogen (secondary N) is 1. The molecule has 0 saturated carbocycles. The molecule has 1 aromatic heterocycles. The molecule has 1 aliphatic rings. The van der Waals surface area contributed by atoms with Gasteiger partial charge in [-0.2, -0.15) is 5.26 Å². The zero-order chi connectivity index (χ0) is 23.5. The molecule has 0 saturated heterocycles. The van der Waals surface area contributed by atoms with Gasteiger partial charge in [0.2, 0.25) is 5.91 Å². The van der Waals surface area contributed by atoms with Crippen LogP contribution in [-0.4, -0.2) is 22.8 Å². The number of pyridine rings is 1. The first-order valence-corrected chi connectivity index (χ1v) is 10.8. The van der Waals surface area contributed by atoms with Crippen molar-refractivity contribution in [1.29, 1.82) is 5.26 Å². The van der Waals surface area contributed by atoms with E-state index in [-0.39, 0.29) is 23.7 Å². The summed E-state index contributed by atoms with van der Waals surface area (Å²) >= 11 is 6.06. The van der Waals surface area contributed by atoms with Crippen molar-refractivity contribution in [2.75, 3.05) is 6.54 Å². The Morgan fingerprint density at radius 3 is 2.52 bits per heavy atom. The molecule has 3 aromatic rings. The number of benzene rings is 2. The molecule has 0 aliphatic carbocycles. The van der Waals surface area contributed by atoms with Crippen LogP contribution >= 0.6 is 11.6 Å². The van der Waals surface area contributed by atoms with Gasteiger partial charge < -0.3 is 9.88 Å². The van der Waals surface area contributed by atoms with E-state index in [0.717, 1.165) is 16.7 Å². The van der Waals surface area contributed by atoms with Crippen molar-refractivity contribution in [2.24, 2.45) is 0 Å². The van der Waals surface area contributed by atoms with Crippen molar-refractivity contribution in [1.82, 2.24) is 9.88 Å². The fourth-order valence-electron chi connectivity index (χ4n) is 3.80. The van der Waals surface area contributed by atoms with Gasteiger partial charge in [-0.05, 0) is 53.5 Å². The van der Waals surface area contributed by atoms with Gasteiger partial charge in [0.05, 0.1) is 17.7 Å². The Bertz CT molecular complexity index is 1380. The smallest absolute Gasteiger partial charge is 0.251 e. The molecule has 1 N–H and O–H groups in total. The van der Waals surface area contributed by atoms with Crippen LogP contribution in [-0.2, 0) is 16.0 Å². The number of amides is 1. The van der Waals surface area contributed by atoms with E-state index in [0.29, 0.717) is 28.3 Å². The zero-order valence-electron chi connectivity index (χ0n) is 17.8. The van der Waals surface area contributed by atoms with E-state index in [1.807, 2.05) is 24.3 Å². The molecule has 2 aromatic carbocycles. The summed E-state index contributed by atoms with van der Waals surface area (Å²) in [6.45, 7) is 2.19. The molecule has 0 spiro atoms. The number of carbonyl (C=O) groups excluding carboxylic acids is 2. The van der Waals surface area contributed by atoms with Crippen LogP contribution in [0.1, 0.15) is 29.7 Å². The lowest BCUT2D eigenvalue weighted by molar-refractivity contribution is -0.121. The van der Waals surface area contributed by atoms with Gasteiger partial charge in [0.15, 0.2) is 5.78 Å². The molecular formula is C26H20ClN3O3. The van der Waals surface area contributed by atoms with Gasteiger partial charge in [-0.3, -0.25) is 14.4 Å². The van der Waals surface area contributed by atoms with E-state index >= 15 is 0 Å². The van der Waals surface area contributed by atoms with E-state index in [4.69, 9.17) is 11.6 Å². The third-order valence-electron chi connectivity index (χ3n) is 5.71. The minimum Gasteiger partial charge on any atom is -0.348 e. The minimum absolute atomic E-state index is 0.102. The topological polar surface area (TPSA) is 92.0 Å². The average Bonchev–Trinajstić information content (AvgIpc) is 3.25.